The predicted molar refractivity (Wildman–Crippen MR) is 67.0 cm³/mol. The van der Waals surface area contributed by atoms with E-state index in [1.165, 1.54) is 0 Å². The molecule has 0 aromatic carbocycles. The summed E-state index contributed by atoms with van der Waals surface area (Å²) in [6, 6.07) is 5.25. The van der Waals surface area contributed by atoms with Gasteiger partial charge in [0.05, 0.1) is 0 Å². The van der Waals surface area contributed by atoms with Gasteiger partial charge < -0.3 is 15.5 Å². The van der Waals surface area contributed by atoms with Gasteiger partial charge in [-0.15, -0.1) is 0 Å². The SMILES string of the molecule is Cc1ccc(-c2cc(C(=O)N[C@@H](C)CN)n[nH]2)o1. The number of rotatable bonds is 4. The summed E-state index contributed by atoms with van der Waals surface area (Å²) in [7, 11) is 0. The number of nitrogens with one attached hydrogen (secondary N) is 2. The van der Waals surface area contributed by atoms with Crippen molar-refractivity contribution in [2.24, 2.45) is 5.73 Å². The number of nitrogens with two attached hydrogens (primary N) is 1. The second-order valence-electron chi connectivity index (χ2n) is 4.19. The molecule has 0 radical (unpaired) electrons. The number of hydrogen-bond donors (Lipinski definition) is 3. The van der Waals surface area contributed by atoms with Crippen LogP contribution in [-0.4, -0.2) is 28.7 Å². The fourth-order valence-corrected chi connectivity index (χ4v) is 1.50. The van der Waals surface area contributed by atoms with E-state index in [0.29, 0.717) is 23.7 Å². The first-order valence-corrected chi connectivity index (χ1v) is 5.73. The van der Waals surface area contributed by atoms with Crippen LogP contribution in [0.1, 0.15) is 23.2 Å². The van der Waals surface area contributed by atoms with E-state index in [0.717, 1.165) is 5.76 Å². The lowest BCUT2D eigenvalue weighted by Gasteiger charge is -2.08. The third-order valence-corrected chi connectivity index (χ3v) is 2.55. The molecule has 2 rings (SSSR count). The van der Waals surface area contributed by atoms with E-state index in [1.807, 2.05) is 26.0 Å². The number of hydrogen-bond acceptors (Lipinski definition) is 4. The number of H-pyrrole nitrogens is 1. The molecule has 0 bridgehead atoms. The zero-order valence-electron chi connectivity index (χ0n) is 10.4. The number of aromatic nitrogens is 2. The van der Waals surface area contributed by atoms with Gasteiger partial charge in [0.25, 0.3) is 5.91 Å². The van der Waals surface area contributed by atoms with Gasteiger partial charge in [-0.25, -0.2) is 0 Å². The summed E-state index contributed by atoms with van der Waals surface area (Å²) < 4.78 is 5.44. The number of carbonyl (C=O) groups excluding carboxylic acids is 1. The topological polar surface area (TPSA) is 96.9 Å². The standard InChI is InChI=1S/C12H16N4O2/c1-7(6-13)14-12(17)10-5-9(15-16-10)11-4-3-8(2)18-11/h3-5,7H,6,13H2,1-2H3,(H,14,17)(H,15,16)/t7-/m0/s1. The number of amides is 1. The summed E-state index contributed by atoms with van der Waals surface area (Å²) in [4.78, 5) is 11.8. The molecule has 0 spiro atoms. The van der Waals surface area contributed by atoms with E-state index in [1.54, 1.807) is 6.07 Å². The van der Waals surface area contributed by atoms with Crippen LogP contribution in [0.3, 0.4) is 0 Å². The van der Waals surface area contributed by atoms with Crippen molar-refractivity contribution >= 4 is 5.91 Å². The van der Waals surface area contributed by atoms with Gasteiger partial charge in [0.1, 0.15) is 11.5 Å². The van der Waals surface area contributed by atoms with Crippen molar-refractivity contribution in [1.29, 1.82) is 0 Å². The average molecular weight is 248 g/mol. The average Bonchev–Trinajstić information content (AvgIpc) is 2.96. The molecule has 0 saturated heterocycles. The van der Waals surface area contributed by atoms with Gasteiger partial charge in [0, 0.05) is 18.7 Å². The van der Waals surface area contributed by atoms with E-state index < -0.39 is 0 Å². The van der Waals surface area contributed by atoms with Crippen LogP contribution in [0.15, 0.2) is 22.6 Å². The lowest BCUT2D eigenvalue weighted by molar-refractivity contribution is 0.0936. The van der Waals surface area contributed by atoms with Crippen molar-refractivity contribution in [3.05, 3.63) is 29.7 Å². The van der Waals surface area contributed by atoms with Crippen molar-refractivity contribution in [3.8, 4) is 11.5 Å². The number of carbonyl (C=O) groups is 1. The largest absolute Gasteiger partial charge is 0.460 e. The van der Waals surface area contributed by atoms with Crippen LogP contribution in [0.5, 0.6) is 0 Å². The highest BCUT2D eigenvalue weighted by Gasteiger charge is 2.14. The molecule has 0 saturated carbocycles. The molecule has 18 heavy (non-hydrogen) atoms. The molecule has 1 amide bonds. The maximum absolute atomic E-state index is 11.8. The maximum Gasteiger partial charge on any atom is 0.272 e. The van der Waals surface area contributed by atoms with Gasteiger partial charge in [-0.05, 0) is 26.0 Å². The Morgan fingerprint density at radius 3 is 3.00 bits per heavy atom. The Morgan fingerprint density at radius 1 is 1.61 bits per heavy atom. The molecule has 6 heteroatoms. The Morgan fingerprint density at radius 2 is 2.39 bits per heavy atom. The number of aryl methyl sites for hydroxylation is 1. The lowest BCUT2D eigenvalue weighted by Crippen LogP contribution is -2.37. The first kappa shape index (κ1) is 12.4. The summed E-state index contributed by atoms with van der Waals surface area (Å²) in [5.74, 6) is 1.21. The normalized spacial score (nSPS) is 12.4. The third kappa shape index (κ3) is 2.60. The van der Waals surface area contributed by atoms with Crippen molar-refractivity contribution < 1.29 is 9.21 Å². The minimum absolute atomic E-state index is 0.0801. The maximum atomic E-state index is 11.8. The summed E-state index contributed by atoms with van der Waals surface area (Å²) >= 11 is 0. The van der Waals surface area contributed by atoms with Crippen LogP contribution in [0.2, 0.25) is 0 Å². The molecule has 2 aromatic rings. The Kier molecular flexibility index (Phi) is 3.47. The molecule has 6 nitrogen and oxygen atoms in total. The quantitative estimate of drug-likeness (QED) is 0.753. The molecule has 0 aliphatic carbocycles. The summed E-state index contributed by atoms with van der Waals surface area (Å²) in [5.41, 5.74) is 6.43. The van der Waals surface area contributed by atoms with Gasteiger partial charge in [0.15, 0.2) is 11.5 Å². The number of nitrogens with zero attached hydrogens (tertiary/aromatic N) is 1. The van der Waals surface area contributed by atoms with Crippen LogP contribution in [0, 0.1) is 6.92 Å². The van der Waals surface area contributed by atoms with Gasteiger partial charge in [-0.1, -0.05) is 0 Å². The monoisotopic (exact) mass is 248 g/mol. The van der Waals surface area contributed by atoms with Crippen LogP contribution in [0.25, 0.3) is 11.5 Å². The zero-order valence-corrected chi connectivity index (χ0v) is 10.4. The molecule has 0 unspecified atom stereocenters. The molecule has 1 atom stereocenters. The molecule has 96 valence electrons. The molecule has 0 aliphatic rings. The fraction of sp³-hybridized carbons (Fsp3) is 0.333. The Balaban J connectivity index is 2.13. The van der Waals surface area contributed by atoms with Gasteiger partial charge in [-0.2, -0.15) is 5.10 Å². The Bertz CT molecular complexity index is 544. The third-order valence-electron chi connectivity index (χ3n) is 2.55. The smallest absolute Gasteiger partial charge is 0.272 e. The molecular weight excluding hydrogens is 232 g/mol. The van der Waals surface area contributed by atoms with Gasteiger partial charge >= 0.3 is 0 Å². The fourth-order valence-electron chi connectivity index (χ4n) is 1.50. The number of aromatic amines is 1. The van der Waals surface area contributed by atoms with Crippen molar-refractivity contribution in [2.75, 3.05) is 6.54 Å². The van der Waals surface area contributed by atoms with Crippen molar-refractivity contribution in [1.82, 2.24) is 15.5 Å². The van der Waals surface area contributed by atoms with Crippen LogP contribution in [-0.2, 0) is 0 Å². The van der Waals surface area contributed by atoms with Crippen molar-refractivity contribution in [3.63, 3.8) is 0 Å². The first-order chi connectivity index (χ1) is 8.60. The zero-order chi connectivity index (χ0) is 13.1. The molecule has 0 aliphatic heterocycles. The summed E-state index contributed by atoms with van der Waals surface area (Å²) in [6.45, 7) is 4.08. The summed E-state index contributed by atoms with van der Waals surface area (Å²) in [6.07, 6.45) is 0. The highest BCUT2D eigenvalue weighted by atomic mass is 16.3. The Hall–Kier alpha value is -2.08. The Labute approximate surface area is 105 Å². The van der Waals surface area contributed by atoms with Gasteiger partial charge in [-0.3, -0.25) is 9.89 Å². The molecule has 4 N–H and O–H groups in total. The summed E-state index contributed by atoms with van der Waals surface area (Å²) in [5, 5.41) is 9.46. The minimum atomic E-state index is -0.251. The second-order valence-corrected chi connectivity index (χ2v) is 4.19. The molecule has 2 heterocycles. The highest BCUT2D eigenvalue weighted by molar-refractivity contribution is 5.93. The second kappa shape index (κ2) is 5.05. The van der Waals surface area contributed by atoms with Crippen LogP contribution in [0.4, 0.5) is 0 Å². The first-order valence-electron chi connectivity index (χ1n) is 5.73. The molecule has 2 aromatic heterocycles. The highest BCUT2D eigenvalue weighted by Crippen LogP contribution is 2.20. The van der Waals surface area contributed by atoms with E-state index >= 15 is 0 Å². The van der Waals surface area contributed by atoms with Crippen LogP contribution >= 0.6 is 0 Å². The van der Waals surface area contributed by atoms with E-state index in [9.17, 15) is 4.79 Å². The minimum Gasteiger partial charge on any atom is -0.460 e. The van der Waals surface area contributed by atoms with E-state index in [2.05, 4.69) is 15.5 Å². The number of furan rings is 1. The van der Waals surface area contributed by atoms with E-state index in [-0.39, 0.29) is 11.9 Å². The van der Waals surface area contributed by atoms with Crippen LogP contribution < -0.4 is 11.1 Å². The lowest BCUT2D eigenvalue weighted by atomic mass is 10.2. The molecule has 0 fully saturated rings. The van der Waals surface area contributed by atoms with E-state index in [4.69, 9.17) is 10.2 Å². The predicted octanol–water partition coefficient (Wildman–Crippen LogP) is 1.06. The molecular formula is C12H16N4O2. The van der Waals surface area contributed by atoms with Gasteiger partial charge in [0.2, 0.25) is 0 Å². The van der Waals surface area contributed by atoms with Crippen molar-refractivity contribution in [2.45, 2.75) is 19.9 Å².